The van der Waals surface area contributed by atoms with Gasteiger partial charge in [-0.05, 0) is 48.7 Å². The van der Waals surface area contributed by atoms with Crippen molar-refractivity contribution >= 4 is 5.91 Å². The molecule has 5 nitrogen and oxygen atoms in total. The molecule has 0 saturated carbocycles. The fourth-order valence-corrected chi connectivity index (χ4v) is 2.74. The Morgan fingerprint density at radius 3 is 2.42 bits per heavy atom. The number of carbonyl (C=O) groups excluding carboxylic acids is 1. The second-order valence-corrected chi connectivity index (χ2v) is 6.21. The maximum Gasteiger partial charge on any atom is 0.263 e. The van der Waals surface area contributed by atoms with E-state index >= 15 is 0 Å². The minimum atomic E-state index is -0.512. The van der Waals surface area contributed by atoms with Crippen LogP contribution in [0.15, 0.2) is 42.5 Å². The van der Waals surface area contributed by atoms with Crippen molar-refractivity contribution in [2.45, 2.75) is 32.9 Å². The lowest BCUT2D eigenvalue weighted by molar-refractivity contribution is -0.138. The summed E-state index contributed by atoms with van der Waals surface area (Å²) in [6.45, 7) is 4.41. The van der Waals surface area contributed by atoms with Gasteiger partial charge in [-0.15, -0.1) is 0 Å². The first-order valence-electron chi connectivity index (χ1n) is 8.67. The summed E-state index contributed by atoms with van der Waals surface area (Å²) in [6, 6.07) is 13.4. The second-order valence-electron chi connectivity index (χ2n) is 6.21. The van der Waals surface area contributed by atoms with Gasteiger partial charge < -0.3 is 19.1 Å². The number of likely N-dealkylation sites (N-methyl/N-ethyl adjacent to an activating group) is 1. The largest absolute Gasteiger partial charge is 0.493 e. The van der Waals surface area contributed by atoms with Gasteiger partial charge in [-0.2, -0.15) is 0 Å². The predicted molar refractivity (Wildman–Crippen MR) is 102 cm³/mol. The third-order valence-electron chi connectivity index (χ3n) is 4.16. The van der Waals surface area contributed by atoms with Crippen LogP contribution in [0.25, 0.3) is 0 Å². The molecule has 26 heavy (non-hydrogen) atoms. The molecule has 2 aromatic carbocycles. The molecule has 2 aromatic rings. The van der Waals surface area contributed by atoms with Crippen LogP contribution in [-0.4, -0.2) is 38.2 Å². The molecular formula is C21H27NO4. The Kier molecular flexibility index (Phi) is 6.89. The number of rotatable bonds is 8. The third kappa shape index (κ3) is 4.91. The SMILES string of the molecule is CC[C@H](Oc1cccc(C)c1)C(=O)N(C)Cc1ccc(OC)c(OC)c1. The summed E-state index contributed by atoms with van der Waals surface area (Å²) >= 11 is 0. The Bertz CT molecular complexity index is 745. The molecule has 0 N–H and O–H groups in total. The number of carbonyl (C=O) groups is 1. The van der Waals surface area contributed by atoms with Crippen LogP contribution in [0.1, 0.15) is 24.5 Å². The van der Waals surface area contributed by atoms with Gasteiger partial charge in [-0.3, -0.25) is 4.79 Å². The Balaban J connectivity index is 2.07. The van der Waals surface area contributed by atoms with Crippen molar-refractivity contribution in [3.05, 3.63) is 53.6 Å². The van der Waals surface area contributed by atoms with Crippen molar-refractivity contribution in [1.82, 2.24) is 4.90 Å². The van der Waals surface area contributed by atoms with E-state index in [0.29, 0.717) is 30.2 Å². The summed E-state index contributed by atoms with van der Waals surface area (Å²) < 4.78 is 16.5. The first-order valence-corrected chi connectivity index (χ1v) is 8.67. The molecule has 0 radical (unpaired) electrons. The molecule has 5 heteroatoms. The highest BCUT2D eigenvalue weighted by molar-refractivity contribution is 5.81. The molecule has 0 aliphatic heterocycles. The number of nitrogens with zero attached hydrogens (tertiary/aromatic N) is 1. The summed E-state index contributed by atoms with van der Waals surface area (Å²) in [4.78, 5) is 14.5. The van der Waals surface area contributed by atoms with E-state index in [-0.39, 0.29) is 5.91 Å². The van der Waals surface area contributed by atoms with Gasteiger partial charge in [-0.1, -0.05) is 25.1 Å². The van der Waals surface area contributed by atoms with Crippen LogP contribution in [0, 0.1) is 6.92 Å². The van der Waals surface area contributed by atoms with Crippen LogP contribution >= 0.6 is 0 Å². The number of amides is 1. The van der Waals surface area contributed by atoms with Gasteiger partial charge in [-0.25, -0.2) is 0 Å². The van der Waals surface area contributed by atoms with E-state index in [2.05, 4.69) is 0 Å². The summed E-state index contributed by atoms with van der Waals surface area (Å²) in [6.07, 6.45) is 0.0882. The monoisotopic (exact) mass is 357 g/mol. The Labute approximate surface area is 155 Å². The molecule has 0 aliphatic carbocycles. The first-order chi connectivity index (χ1) is 12.5. The van der Waals surface area contributed by atoms with Crippen LogP contribution < -0.4 is 14.2 Å². The summed E-state index contributed by atoms with van der Waals surface area (Å²) in [7, 11) is 4.97. The molecule has 0 saturated heterocycles. The molecule has 0 aliphatic rings. The lowest BCUT2D eigenvalue weighted by atomic mass is 10.1. The lowest BCUT2D eigenvalue weighted by Crippen LogP contribution is -2.39. The smallest absolute Gasteiger partial charge is 0.263 e. The van der Waals surface area contributed by atoms with Gasteiger partial charge in [0.05, 0.1) is 14.2 Å². The van der Waals surface area contributed by atoms with E-state index in [1.54, 1.807) is 26.2 Å². The molecule has 1 atom stereocenters. The third-order valence-corrected chi connectivity index (χ3v) is 4.16. The predicted octanol–water partition coefficient (Wildman–Crippen LogP) is 3.83. The fourth-order valence-electron chi connectivity index (χ4n) is 2.74. The van der Waals surface area contributed by atoms with E-state index < -0.39 is 6.10 Å². The highest BCUT2D eigenvalue weighted by Crippen LogP contribution is 2.28. The summed E-state index contributed by atoms with van der Waals surface area (Å²) in [5.74, 6) is 1.97. The first kappa shape index (κ1) is 19.6. The number of hydrogen-bond acceptors (Lipinski definition) is 4. The van der Waals surface area contributed by atoms with Crippen molar-refractivity contribution < 1.29 is 19.0 Å². The molecule has 140 valence electrons. The van der Waals surface area contributed by atoms with Crippen molar-refractivity contribution in [2.75, 3.05) is 21.3 Å². The van der Waals surface area contributed by atoms with Gasteiger partial charge in [0.15, 0.2) is 17.6 Å². The number of methoxy groups -OCH3 is 2. The van der Waals surface area contributed by atoms with Gasteiger partial charge in [0, 0.05) is 13.6 Å². The average molecular weight is 357 g/mol. The van der Waals surface area contributed by atoms with Crippen LogP contribution in [0.2, 0.25) is 0 Å². The van der Waals surface area contributed by atoms with Gasteiger partial charge in [0.2, 0.25) is 0 Å². The van der Waals surface area contributed by atoms with E-state index in [4.69, 9.17) is 14.2 Å². The summed E-state index contributed by atoms with van der Waals surface area (Å²) in [5.41, 5.74) is 2.06. The number of aryl methyl sites for hydroxylation is 1. The minimum Gasteiger partial charge on any atom is -0.493 e. The zero-order valence-corrected chi connectivity index (χ0v) is 16.1. The molecular weight excluding hydrogens is 330 g/mol. The van der Waals surface area contributed by atoms with Gasteiger partial charge in [0.25, 0.3) is 5.91 Å². The molecule has 2 rings (SSSR count). The minimum absolute atomic E-state index is 0.0520. The van der Waals surface area contributed by atoms with E-state index in [0.717, 1.165) is 11.1 Å². The Morgan fingerprint density at radius 1 is 1.08 bits per heavy atom. The van der Waals surface area contributed by atoms with E-state index in [9.17, 15) is 4.79 Å². The Morgan fingerprint density at radius 2 is 1.81 bits per heavy atom. The fraction of sp³-hybridized carbons (Fsp3) is 0.381. The maximum atomic E-state index is 12.8. The maximum absolute atomic E-state index is 12.8. The van der Waals surface area contributed by atoms with E-state index in [1.807, 2.05) is 56.3 Å². The number of hydrogen-bond donors (Lipinski definition) is 0. The zero-order valence-electron chi connectivity index (χ0n) is 16.1. The van der Waals surface area contributed by atoms with Crippen molar-refractivity contribution in [1.29, 1.82) is 0 Å². The molecule has 0 unspecified atom stereocenters. The topological polar surface area (TPSA) is 48.0 Å². The number of benzene rings is 2. The quantitative estimate of drug-likeness (QED) is 0.720. The second kappa shape index (κ2) is 9.13. The van der Waals surface area contributed by atoms with Crippen molar-refractivity contribution in [3.63, 3.8) is 0 Å². The standard InChI is InChI=1S/C21H27NO4/c1-6-18(26-17-9-7-8-15(2)12-17)21(23)22(3)14-16-10-11-19(24-4)20(13-16)25-5/h7-13,18H,6,14H2,1-5H3/t18-/m0/s1. The van der Waals surface area contributed by atoms with E-state index in [1.165, 1.54) is 0 Å². The van der Waals surface area contributed by atoms with Crippen LogP contribution in [-0.2, 0) is 11.3 Å². The van der Waals surface area contributed by atoms with Gasteiger partial charge in [0.1, 0.15) is 5.75 Å². The molecule has 0 heterocycles. The van der Waals surface area contributed by atoms with Crippen LogP contribution in [0.3, 0.4) is 0 Å². The van der Waals surface area contributed by atoms with Crippen LogP contribution in [0.5, 0.6) is 17.2 Å². The summed E-state index contributed by atoms with van der Waals surface area (Å²) in [5, 5.41) is 0. The highest BCUT2D eigenvalue weighted by atomic mass is 16.5. The number of ether oxygens (including phenoxy) is 3. The molecule has 1 amide bonds. The van der Waals surface area contributed by atoms with Crippen molar-refractivity contribution in [2.24, 2.45) is 0 Å². The van der Waals surface area contributed by atoms with Gasteiger partial charge >= 0.3 is 0 Å². The highest BCUT2D eigenvalue weighted by Gasteiger charge is 2.22. The molecule has 0 aromatic heterocycles. The molecule has 0 spiro atoms. The average Bonchev–Trinajstić information content (AvgIpc) is 2.65. The zero-order chi connectivity index (χ0) is 19.1. The molecule has 0 fully saturated rings. The normalized spacial score (nSPS) is 11.6. The van der Waals surface area contributed by atoms with Crippen LogP contribution in [0.4, 0.5) is 0 Å². The molecule has 0 bridgehead atoms. The Hall–Kier alpha value is -2.69. The van der Waals surface area contributed by atoms with Crippen molar-refractivity contribution in [3.8, 4) is 17.2 Å². The lowest BCUT2D eigenvalue weighted by Gasteiger charge is -2.24.